The van der Waals surface area contributed by atoms with E-state index < -0.39 is 0 Å². The number of carbonyl (C=O) groups is 1. The van der Waals surface area contributed by atoms with E-state index in [2.05, 4.69) is 6.58 Å². The molecule has 0 aromatic carbocycles. The predicted octanol–water partition coefficient (Wildman–Crippen LogP) is 2.14. The van der Waals surface area contributed by atoms with Gasteiger partial charge in [-0.3, -0.25) is 4.79 Å². The highest BCUT2D eigenvalue weighted by molar-refractivity contribution is 5.73. The van der Waals surface area contributed by atoms with Crippen molar-refractivity contribution >= 4 is 5.97 Å². The molecule has 0 aliphatic carbocycles. The molecule has 3 nitrogen and oxygen atoms in total. The topological polar surface area (TPSA) is 39.4 Å². The molecule has 13 heavy (non-hydrogen) atoms. The Morgan fingerprint density at radius 2 is 2.62 bits per heavy atom. The van der Waals surface area contributed by atoms with Crippen molar-refractivity contribution in [2.45, 2.75) is 13.5 Å². The van der Waals surface area contributed by atoms with E-state index in [9.17, 15) is 4.79 Å². The van der Waals surface area contributed by atoms with Gasteiger partial charge in [-0.2, -0.15) is 0 Å². The smallest absolute Gasteiger partial charge is 0.312 e. The van der Waals surface area contributed by atoms with Crippen molar-refractivity contribution in [2.24, 2.45) is 5.92 Å². The van der Waals surface area contributed by atoms with Gasteiger partial charge in [-0.05, 0) is 19.1 Å². The van der Waals surface area contributed by atoms with Crippen LogP contribution in [-0.2, 0) is 16.1 Å². The maximum absolute atomic E-state index is 11.1. The third-order valence-electron chi connectivity index (χ3n) is 1.66. The Labute approximate surface area is 77.0 Å². The van der Waals surface area contributed by atoms with Crippen LogP contribution in [0, 0.1) is 5.92 Å². The Hall–Kier alpha value is -1.51. The van der Waals surface area contributed by atoms with Crippen molar-refractivity contribution in [2.75, 3.05) is 0 Å². The Kier molecular flexibility index (Phi) is 3.31. The van der Waals surface area contributed by atoms with Gasteiger partial charge in [-0.15, -0.1) is 6.58 Å². The first kappa shape index (κ1) is 9.58. The molecule has 0 amide bonds. The Morgan fingerprint density at radius 3 is 3.15 bits per heavy atom. The van der Waals surface area contributed by atoms with Gasteiger partial charge in [0.25, 0.3) is 0 Å². The SMILES string of the molecule is C=CC(C)C(=O)OCc1ccco1. The number of ether oxygens (including phenoxy) is 1. The second-order valence-corrected chi connectivity index (χ2v) is 2.71. The van der Waals surface area contributed by atoms with Crippen LogP contribution in [0.4, 0.5) is 0 Å². The molecule has 1 heterocycles. The minimum absolute atomic E-state index is 0.185. The fourth-order valence-electron chi connectivity index (χ4n) is 0.765. The highest BCUT2D eigenvalue weighted by Crippen LogP contribution is 2.05. The van der Waals surface area contributed by atoms with Gasteiger partial charge in [0, 0.05) is 0 Å². The highest BCUT2D eigenvalue weighted by Gasteiger charge is 2.10. The standard InChI is InChI=1S/C10H12O3/c1-3-8(2)10(11)13-7-9-5-4-6-12-9/h3-6,8H,1,7H2,2H3. The summed E-state index contributed by atoms with van der Waals surface area (Å²) in [7, 11) is 0. The van der Waals surface area contributed by atoms with Gasteiger partial charge in [0.1, 0.15) is 12.4 Å². The van der Waals surface area contributed by atoms with E-state index in [-0.39, 0.29) is 18.5 Å². The summed E-state index contributed by atoms with van der Waals surface area (Å²) < 4.78 is 9.93. The molecular weight excluding hydrogens is 168 g/mol. The molecule has 1 rings (SSSR count). The van der Waals surface area contributed by atoms with Crippen LogP contribution in [-0.4, -0.2) is 5.97 Å². The van der Waals surface area contributed by atoms with Crippen LogP contribution in [0.3, 0.4) is 0 Å². The molecule has 0 saturated heterocycles. The van der Waals surface area contributed by atoms with E-state index >= 15 is 0 Å². The van der Waals surface area contributed by atoms with Gasteiger partial charge in [-0.25, -0.2) is 0 Å². The van der Waals surface area contributed by atoms with E-state index in [1.54, 1.807) is 31.4 Å². The highest BCUT2D eigenvalue weighted by atomic mass is 16.5. The van der Waals surface area contributed by atoms with Gasteiger partial charge in [0.05, 0.1) is 12.2 Å². The van der Waals surface area contributed by atoms with Crippen LogP contribution in [0.25, 0.3) is 0 Å². The van der Waals surface area contributed by atoms with Crippen LogP contribution in [0.15, 0.2) is 35.5 Å². The molecule has 0 fully saturated rings. The normalized spacial score (nSPS) is 12.1. The molecule has 0 aliphatic rings. The first-order chi connectivity index (χ1) is 6.24. The number of rotatable bonds is 4. The lowest BCUT2D eigenvalue weighted by Crippen LogP contribution is -2.11. The summed E-state index contributed by atoms with van der Waals surface area (Å²) >= 11 is 0. The molecule has 0 saturated carbocycles. The first-order valence-electron chi connectivity index (χ1n) is 4.05. The Balaban J connectivity index is 2.35. The minimum atomic E-state index is -0.286. The Bertz CT molecular complexity index is 274. The van der Waals surface area contributed by atoms with Crippen LogP contribution in [0.5, 0.6) is 0 Å². The molecule has 0 spiro atoms. The van der Waals surface area contributed by atoms with E-state index in [0.717, 1.165) is 0 Å². The molecule has 3 heteroatoms. The fraction of sp³-hybridized carbons (Fsp3) is 0.300. The maximum atomic E-state index is 11.1. The number of hydrogen-bond acceptors (Lipinski definition) is 3. The average molecular weight is 180 g/mol. The second kappa shape index (κ2) is 4.50. The van der Waals surface area contributed by atoms with Gasteiger partial charge in [-0.1, -0.05) is 6.08 Å². The first-order valence-corrected chi connectivity index (χ1v) is 4.05. The van der Waals surface area contributed by atoms with Crippen molar-refractivity contribution in [3.8, 4) is 0 Å². The predicted molar refractivity (Wildman–Crippen MR) is 47.9 cm³/mol. The van der Waals surface area contributed by atoms with Crippen LogP contribution in [0.2, 0.25) is 0 Å². The summed E-state index contributed by atoms with van der Waals surface area (Å²) in [6, 6.07) is 3.51. The van der Waals surface area contributed by atoms with Crippen molar-refractivity contribution in [3.63, 3.8) is 0 Å². The zero-order valence-electron chi connectivity index (χ0n) is 7.53. The molecular formula is C10H12O3. The zero-order chi connectivity index (χ0) is 9.68. The molecule has 1 aromatic rings. The summed E-state index contributed by atoms with van der Waals surface area (Å²) in [4.78, 5) is 11.1. The van der Waals surface area contributed by atoms with Crippen molar-refractivity contribution in [1.82, 2.24) is 0 Å². The molecule has 1 atom stereocenters. The van der Waals surface area contributed by atoms with Crippen LogP contribution in [0.1, 0.15) is 12.7 Å². The molecule has 70 valence electrons. The molecule has 1 unspecified atom stereocenters. The largest absolute Gasteiger partial charge is 0.466 e. The molecule has 1 aromatic heterocycles. The number of furan rings is 1. The third-order valence-corrected chi connectivity index (χ3v) is 1.66. The van der Waals surface area contributed by atoms with E-state index in [0.29, 0.717) is 5.76 Å². The van der Waals surface area contributed by atoms with Crippen molar-refractivity contribution < 1.29 is 13.9 Å². The van der Waals surface area contributed by atoms with Gasteiger partial charge < -0.3 is 9.15 Å². The lowest BCUT2D eigenvalue weighted by Gasteiger charge is -2.05. The molecule has 0 N–H and O–H groups in total. The third kappa shape index (κ3) is 2.78. The van der Waals surface area contributed by atoms with Gasteiger partial charge in [0.15, 0.2) is 0 Å². The average Bonchev–Trinajstić information content (AvgIpc) is 2.65. The zero-order valence-corrected chi connectivity index (χ0v) is 7.53. The second-order valence-electron chi connectivity index (χ2n) is 2.71. The fourth-order valence-corrected chi connectivity index (χ4v) is 0.765. The molecule has 0 bridgehead atoms. The van der Waals surface area contributed by atoms with Gasteiger partial charge in [0.2, 0.25) is 0 Å². The number of carbonyl (C=O) groups excluding carboxylic acids is 1. The number of hydrogen-bond donors (Lipinski definition) is 0. The summed E-state index contributed by atoms with van der Waals surface area (Å²) in [5.41, 5.74) is 0. The number of esters is 1. The monoisotopic (exact) mass is 180 g/mol. The lowest BCUT2D eigenvalue weighted by molar-refractivity contribution is -0.148. The van der Waals surface area contributed by atoms with Crippen LogP contribution >= 0.6 is 0 Å². The van der Waals surface area contributed by atoms with E-state index in [4.69, 9.17) is 9.15 Å². The maximum Gasteiger partial charge on any atom is 0.312 e. The van der Waals surface area contributed by atoms with Crippen molar-refractivity contribution in [1.29, 1.82) is 0 Å². The quantitative estimate of drug-likeness (QED) is 0.526. The summed E-state index contributed by atoms with van der Waals surface area (Å²) in [5, 5.41) is 0. The Morgan fingerprint density at radius 1 is 1.85 bits per heavy atom. The van der Waals surface area contributed by atoms with Crippen LogP contribution < -0.4 is 0 Å². The molecule has 0 aliphatic heterocycles. The van der Waals surface area contributed by atoms with E-state index in [1.807, 2.05) is 0 Å². The molecule has 0 radical (unpaired) electrons. The lowest BCUT2D eigenvalue weighted by atomic mass is 10.2. The van der Waals surface area contributed by atoms with E-state index in [1.165, 1.54) is 0 Å². The summed E-state index contributed by atoms with van der Waals surface area (Å²) in [6.45, 7) is 5.42. The minimum Gasteiger partial charge on any atom is -0.466 e. The summed E-state index contributed by atoms with van der Waals surface area (Å²) in [6.07, 6.45) is 3.09. The summed E-state index contributed by atoms with van der Waals surface area (Å²) in [5.74, 6) is 0.0889. The van der Waals surface area contributed by atoms with Crippen molar-refractivity contribution in [3.05, 3.63) is 36.8 Å². The van der Waals surface area contributed by atoms with Gasteiger partial charge >= 0.3 is 5.97 Å².